The van der Waals surface area contributed by atoms with Crippen LogP contribution in [0.25, 0.3) is 0 Å². The maximum atomic E-state index is 12.1. The Hall–Kier alpha value is -1.59. The number of nitrogens with one attached hydrogen (secondary N) is 1. The first kappa shape index (κ1) is 14.8. The van der Waals surface area contributed by atoms with E-state index in [0.717, 1.165) is 12.1 Å². The third kappa shape index (κ3) is 3.71. The van der Waals surface area contributed by atoms with Crippen molar-refractivity contribution in [2.45, 2.75) is 25.4 Å². The van der Waals surface area contributed by atoms with E-state index in [1.165, 1.54) is 5.56 Å². The third-order valence-electron chi connectivity index (χ3n) is 3.43. The molecule has 5 nitrogen and oxygen atoms in total. The molecule has 2 atom stereocenters. The molecule has 1 aromatic rings. The molecule has 1 aromatic carbocycles. The molecule has 1 heterocycles. The average molecular weight is 277 g/mol. The maximum absolute atomic E-state index is 12.1. The molecule has 3 N–H and O–H groups in total. The summed E-state index contributed by atoms with van der Waals surface area (Å²) >= 11 is 0. The van der Waals surface area contributed by atoms with Gasteiger partial charge in [-0.05, 0) is 25.0 Å². The zero-order valence-corrected chi connectivity index (χ0v) is 12.1. The first-order valence-corrected chi connectivity index (χ1v) is 6.97. The molecule has 0 spiro atoms. The van der Waals surface area contributed by atoms with Gasteiger partial charge in [-0.25, -0.2) is 0 Å². The van der Waals surface area contributed by atoms with Crippen LogP contribution in [-0.4, -0.2) is 44.8 Å². The van der Waals surface area contributed by atoms with Crippen LogP contribution in [0.15, 0.2) is 24.3 Å². The highest BCUT2D eigenvalue weighted by molar-refractivity contribution is 5.82. The Labute approximate surface area is 120 Å². The zero-order chi connectivity index (χ0) is 14.5. The van der Waals surface area contributed by atoms with Gasteiger partial charge in [-0.2, -0.15) is 0 Å². The predicted octanol–water partition coefficient (Wildman–Crippen LogP) is 0.528. The quantitative estimate of drug-likeness (QED) is 0.824. The number of anilines is 1. The smallest absolute Gasteiger partial charge is 0.239 e. The topological polar surface area (TPSA) is 67.6 Å². The number of methoxy groups -OCH3 is 1. The van der Waals surface area contributed by atoms with E-state index in [9.17, 15) is 4.79 Å². The number of hydrogen-bond donors (Lipinski definition) is 2. The fraction of sp³-hybridized carbons (Fsp3) is 0.533. The zero-order valence-electron chi connectivity index (χ0n) is 12.1. The summed E-state index contributed by atoms with van der Waals surface area (Å²) in [4.78, 5) is 14.1. The van der Waals surface area contributed by atoms with E-state index >= 15 is 0 Å². The summed E-state index contributed by atoms with van der Waals surface area (Å²) in [6.45, 7) is 3.49. The van der Waals surface area contributed by atoms with Crippen molar-refractivity contribution >= 4 is 11.6 Å². The SMILES string of the molecule is COCC(C)NC(=O)CN1CC(N)Cc2ccccc21. The molecule has 1 amide bonds. The molecule has 2 unspecified atom stereocenters. The molecule has 5 heteroatoms. The Morgan fingerprint density at radius 1 is 1.55 bits per heavy atom. The van der Waals surface area contributed by atoms with Crippen molar-refractivity contribution < 1.29 is 9.53 Å². The number of rotatable bonds is 5. The number of carbonyl (C=O) groups excluding carboxylic acids is 1. The summed E-state index contributed by atoms with van der Waals surface area (Å²) in [6.07, 6.45) is 0.869. The number of nitrogens with two attached hydrogens (primary N) is 1. The summed E-state index contributed by atoms with van der Waals surface area (Å²) in [5.74, 6) is -0.00143. The van der Waals surface area contributed by atoms with Crippen molar-refractivity contribution in [2.24, 2.45) is 5.73 Å². The molecular formula is C15H23N3O2. The molecule has 110 valence electrons. The Morgan fingerprint density at radius 3 is 3.05 bits per heavy atom. The fourth-order valence-corrected chi connectivity index (χ4v) is 2.66. The number of hydrogen-bond acceptors (Lipinski definition) is 4. The standard InChI is InChI=1S/C15H23N3O2/c1-11(10-20-2)17-15(19)9-18-8-13(16)7-12-5-3-4-6-14(12)18/h3-6,11,13H,7-10,16H2,1-2H3,(H,17,19). The van der Waals surface area contributed by atoms with Crippen molar-refractivity contribution in [3.05, 3.63) is 29.8 Å². The summed E-state index contributed by atoms with van der Waals surface area (Å²) in [5.41, 5.74) is 8.40. The van der Waals surface area contributed by atoms with Gasteiger partial charge in [0.1, 0.15) is 0 Å². The molecule has 1 aliphatic heterocycles. The van der Waals surface area contributed by atoms with Crippen molar-refractivity contribution in [2.75, 3.05) is 31.7 Å². The van der Waals surface area contributed by atoms with E-state index in [0.29, 0.717) is 19.7 Å². The largest absolute Gasteiger partial charge is 0.383 e. The van der Waals surface area contributed by atoms with Gasteiger partial charge in [0, 0.05) is 31.4 Å². The highest BCUT2D eigenvalue weighted by Gasteiger charge is 2.23. The second-order valence-electron chi connectivity index (χ2n) is 5.40. The highest BCUT2D eigenvalue weighted by atomic mass is 16.5. The Bertz CT molecular complexity index is 464. The van der Waals surface area contributed by atoms with Crippen LogP contribution in [0, 0.1) is 0 Å². The molecule has 0 radical (unpaired) electrons. The van der Waals surface area contributed by atoms with Crippen LogP contribution < -0.4 is 16.0 Å². The Balaban J connectivity index is 2.01. The summed E-state index contributed by atoms with van der Waals surface area (Å²) in [7, 11) is 1.63. The molecule has 0 bridgehead atoms. The van der Waals surface area contributed by atoms with Crippen LogP contribution in [0.1, 0.15) is 12.5 Å². The minimum atomic E-state index is -0.00143. The van der Waals surface area contributed by atoms with Crippen LogP contribution in [0.4, 0.5) is 5.69 Å². The Morgan fingerprint density at radius 2 is 2.30 bits per heavy atom. The van der Waals surface area contributed by atoms with Gasteiger partial charge in [-0.1, -0.05) is 18.2 Å². The molecule has 1 aliphatic rings. The molecule has 0 aliphatic carbocycles. The van der Waals surface area contributed by atoms with Gasteiger partial charge in [-0.15, -0.1) is 0 Å². The highest BCUT2D eigenvalue weighted by Crippen LogP contribution is 2.25. The van der Waals surface area contributed by atoms with Crippen LogP contribution in [-0.2, 0) is 16.0 Å². The molecule has 0 saturated carbocycles. The predicted molar refractivity (Wildman–Crippen MR) is 79.8 cm³/mol. The van der Waals surface area contributed by atoms with Gasteiger partial charge in [0.25, 0.3) is 0 Å². The number of fused-ring (bicyclic) bond motifs is 1. The normalized spacial score (nSPS) is 19.4. The maximum Gasteiger partial charge on any atom is 0.239 e. The fourth-order valence-electron chi connectivity index (χ4n) is 2.66. The number of benzene rings is 1. The lowest BCUT2D eigenvalue weighted by Crippen LogP contribution is -2.49. The summed E-state index contributed by atoms with van der Waals surface area (Å²) in [5, 5.41) is 2.93. The molecule has 0 fully saturated rings. The lowest BCUT2D eigenvalue weighted by atomic mass is 9.98. The molecule has 0 aromatic heterocycles. The van der Waals surface area contributed by atoms with E-state index in [4.69, 9.17) is 10.5 Å². The first-order valence-electron chi connectivity index (χ1n) is 6.97. The third-order valence-corrected chi connectivity index (χ3v) is 3.43. The lowest BCUT2D eigenvalue weighted by Gasteiger charge is -2.34. The van der Waals surface area contributed by atoms with Crippen LogP contribution in [0.5, 0.6) is 0 Å². The average Bonchev–Trinajstić information content (AvgIpc) is 2.38. The number of nitrogens with zero attached hydrogens (tertiary/aromatic N) is 1. The summed E-state index contributed by atoms with van der Waals surface area (Å²) in [6, 6.07) is 8.22. The number of ether oxygens (including phenoxy) is 1. The minimum Gasteiger partial charge on any atom is -0.383 e. The van der Waals surface area contributed by atoms with Crippen molar-refractivity contribution in [3.8, 4) is 0 Å². The van der Waals surface area contributed by atoms with Gasteiger partial charge < -0.3 is 20.7 Å². The molecule has 2 rings (SSSR count). The number of amides is 1. The van der Waals surface area contributed by atoms with E-state index < -0.39 is 0 Å². The van der Waals surface area contributed by atoms with Gasteiger partial charge in [0.2, 0.25) is 5.91 Å². The second-order valence-corrected chi connectivity index (χ2v) is 5.40. The van der Waals surface area contributed by atoms with Gasteiger partial charge in [-0.3, -0.25) is 4.79 Å². The van der Waals surface area contributed by atoms with E-state index in [-0.39, 0.29) is 18.0 Å². The summed E-state index contributed by atoms with van der Waals surface area (Å²) < 4.78 is 5.02. The molecular weight excluding hydrogens is 254 g/mol. The van der Waals surface area contributed by atoms with E-state index in [2.05, 4.69) is 16.3 Å². The van der Waals surface area contributed by atoms with E-state index in [1.54, 1.807) is 7.11 Å². The number of carbonyl (C=O) groups is 1. The van der Waals surface area contributed by atoms with Crippen LogP contribution >= 0.6 is 0 Å². The lowest BCUT2D eigenvalue weighted by molar-refractivity contribution is -0.120. The van der Waals surface area contributed by atoms with Crippen molar-refractivity contribution in [1.82, 2.24) is 5.32 Å². The molecule has 20 heavy (non-hydrogen) atoms. The van der Waals surface area contributed by atoms with Crippen LogP contribution in [0.3, 0.4) is 0 Å². The van der Waals surface area contributed by atoms with Gasteiger partial charge >= 0.3 is 0 Å². The Kier molecular flexibility index (Phi) is 4.98. The number of para-hydroxylation sites is 1. The van der Waals surface area contributed by atoms with Gasteiger partial charge in [0.05, 0.1) is 13.2 Å². The van der Waals surface area contributed by atoms with Gasteiger partial charge in [0.15, 0.2) is 0 Å². The second kappa shape index (κ2) is 6.72. The monoisotopic (exact) mass is 277 g/mol. The molecule has 0 saturated heterocycles. The van der Waals surface area contributed by atoms with Crippen molar-refractivity contribution in [1.29, 1.82) is 0 Å². The first-order chi connectivity index (χ1) is 9.60. The van der Waals surface area contributed by atoms with E-state index in [1.807, 2.05) is 25.1 Å². The van der Waals surface area contributed by atoms with Crippen molar-refractivity contribution in [3.63, 3.8) is 0 Å². The minimum absolute atomic E-state index is 0.00143. The van der Waals surface area contributed by atoms with Crippen LogP contribution in [0.2, 0.25) is 0 Å².